The van der Waals surface area contributed by atoms with Crippen LogP contribution >= 0.6 is 0 Å². The van der Waals surface area contributed by atoms with Gasteiger partial charge in [0.05, 0.1) is 25.5 Å². The van der Waals surface area contributed by atoms with Gasteiger partial charge in [-0.15, -0.1) is 0 Å². The van der Waals surface area contributed by atoms with E-state index in [-0.39, 0.29) is 23.7 Å². The second-order valence-electron chi connectivity index (χ2n) is 7.61. The Bertz CT molecular complexity index is 1100. The van der Waals surface area contributed by atoms with Crippen molar-refractivity contribution in [2.24, 2.45) is 5.73 Å². The maximum atomic E-state index is 13.4. The van der Waals surface area contributed by atoms with Gasteiger partial charge in [0.2, 0.25) is 5.91 Å². The van der Waals surface area contributed by atoms with Gasteiger partial charge in [0.15, 0.2) is 5.78 Å². The van der Waals surface area contributed by atoms with Crippen LogP contribution in [-0.2, 0) is 9.59 Å². The Morgan fingerprint density at radius 3 is 2.55 bits per heavy atom. The van der Waals surface area contributed by atoms with Gasteiger partial charge in [-0.05, 0) is 31.0 Å². The van der Waals surface area contributed by atoms with Crippen molar-refractivity contribution >= 4 is 23.3 Å². The maximum Gasteiger partial charge on any atom is 0.250 e. The number of nitrogens with two attached hydrogens (primary N) is 1. The molecule has 2 aromatic rings. The number of Topliss-reactive ketones (excluding diaryl/α,β-unsaturated/α-hetero) is 1. The smallest absolute Gasteiger partial charge is 0.250 e. The van der Waals surface area contributed by atoms with E-state index in [9.17, 15) is 14.4 Å². The van der Waals surface area contributed by atoms with E-state index in [0.29, 0.717) is 47.7 Å². The molecular formula is C24H24N2O5. The van der Waals surface area contributed by atoms with Gasteiger partial charge < -0.3 is 15.2 Å². The first-order valence-corrected chi connectivity index (χ1v) is 10.2. The number of benzene rings is 2. The van der Waals surface area contributed by atoms with Gasteiger partial charge in [-0.2, -0.15) is 0 Å². The van der Waals surface area contributed by atoms with Crippen LogP contribution in [0.1, 0.15) is 47.5 Å². The van der Waals surface area contributed by atoms with Crippen LogP contribution in [-0.4, -0.2) is 31.8 Å². The lowest BCUT2D eigenvalue weighted by Gasteiger charge is -2.39. The first-order valence-electron chi connectivity index (χ1n) is 10.2. The number of amides is 2. The van der Waals surface area contributed by atoms with Gasteiger partial charge in [-0.1, -0.05) is 18.2 Å². The normalized spacial score (nSPS) is 18.6. The van der Waals surface area contributed by atoms with E-state index in [2.05, 4.69) is 0 Å². The molecule has 2 aliphatic rings. The number of nitrogens with zero attached hydrogens (tertiary/aromatic N) is 1. The molecule has 31 heavy (non-hydrogen) atoms. The first-order chi connectivity index (χ1) is 15.0. The quantitative estimate of drug-likeness (QED) is 0.800. The molecule has 2 amide bonds. The van der Waals surface area contributed by atoms with Crippen LogP contribution in [0, 0.1) is 0 Å². The summed E-state index contributed by atoms with van der Waals surface area (Å²) in [5.41, 5.74) is 8.24. The average Bonchev–Trinajstić information content (AvgIpc) is 2.78. The molecule has 7 heteroatoms. The SMILES string of the molecule is COc1ccc(C2CC(=O)N(c3ccccc3C(N)=O)C3=C2C(=O)CCC3)c(OC)c1. The first kappa shape index (κ1) is 20.7. The molecule has 0 radical (unpaired) electrons. The number of allylic oxidation sites excluding steroid dienone is 2. The number of methoxy groups -OCH3 is 2. The lowest BCUT2D eigenvalue weighted by molar-refractivity contribution is -0.119. The number of carbonyl (C=O) groups excluding carboxylic acids is 3. The molecule has 0 spiro atoms. The lowest BCUT2D eigenvalue weighted by atomic mass is 9.76. The van der Waals surface area contributed by atoms with Crippen LogP contribution in [0.5, 0.6) is 11.5 Å². The van der Waals surface area contributed by atoms with Crippen molar-refractivity contribution in [1.29, 1.82) is 0 Å². The summed E-state index contributed by atoms with van der Waals surface area (Å²) < 4.78 is 10.8. The topological polar surface area (TPSA) is 98.9 Å². The van der Waals surface area contributed by atoms with Crippen molar-refractivity contribution in [3.63, 3.8) is 0 Å². The summed E-state index contributed by atoms with van der Waals surface area (Å²) in [5.74, 6) is -0.0275. The number of ether oxygens (including phenoxy) is 2. The number of carbonyl (C=O) groups is 3. The number of anilines is 1. The van der Waals surface area contributed by atoms with Crippen LogP contribution in [0.2, 0.25) is 0 Å². The summed E-state index contributed by atoms with van der Waals surface area (Å²) in [7, 11) is 3.12. The number of ketones is 1. The number of rotatable bonds is 5. The fourth-order valence-electron chi connectivity index (χ4n) is 4.52. The van der Waals surface area contributed by atoms with Gasteiger partial charge in [-0.3, -0.25) is 19.3 Å². The van der Waals surface area contributed by atoms with Crippen molar-refractivity contribution in [3.05, 3.63) is 64.9 Å². The summed E-state index contributed by atoms with van der Waals surface area (Å²) in [6.45, 7) is 0. The molecule has 0 fully saturated rings. The zero-order valence-corrected chi connectivity index (χ0v) is 17.5. The summed E-state index contributed by atoms with van der Waals surface area (Å²) in [5, 5.41) is 0. The third-order valence-electron chi connectivity index (χ3n) is 5.90. The molecule has 0 saturated heterocycles. The van der Waals surface area contributed by atoms with E-state index in [1.165, 1.54) is 4.90 Å². The summed E-state index contributed by atoms with van der Waals surface area (Å²) in [4.78, 5) is 40.0. The van der Waals surface area contributed by atoms with Crippen molar-refractivity contribution in [3.8, 4) is 11.5 Å². The van der Waals surface area contributed by atoms with Crippen molar-refractivity contribution < 1.29 is 23.9 Å². The number of hydrogen-bond acceptors (Lipinski definition) is 5. The van der Waals surface area contributed by atoms with E-state index in [4.69, 9.17) is 15.2 Å². The highest BCUT2D eigenvalue weighted by Crippen LogP contribution is 2.46. The third kappa shape index (κ3) is 3.56. The predicted octanol–water partition coefficient (Wildman–Crippen LogP) is 3.33. The Labute approximate surface area is 180 Å². The van der Waals surface area contributed by atoms with E-state index in [0.717, 1.165) is 5.56 Å². The molecule has 0 saturated carbocycles. The van der Waals surface area contributed by atoms with Crippen molar-refractivity contribution in [2.45, 2.75) is 31.6 Å². The summed E-state index contributed by atoms with van der Waals surface area (Å²) in [6, 6.07) is 12.1. The Kier molecular flexibility index (Phi) is 5.50. The van der Waals surface area contributed by atoms with Gasteiger partial charge in [0, 0.05) is 41.7 Å². The van der Waals surface area contributed by atoms with Crippen LogP contribution in [0.15, 0.2) is 53.7 Å². The van der Waals surface area contributed by atoms with Crippen LogP contribution in [0.4, 0.5) is 5.69 Å². The van der Waals surface area contributed by atoms with Gasteiger partial charge in [-0.25, -0.2) is 0 Å². The monoisotopic (exact) mass is 420 g/mol. The number of para-hydroxylation sites is 1. The highest BCUT2D eigenvalue weighted by Gasteiger charge is 2.41. The van der Waals surface area contributed by atoms with Crippen molar-refractivity contribution in [1.82, 2.24) is 0 Å². The predicted molar refractivity (Wildman–Crippen MR) is 115 cm³/mol. The second kappa shape index (κ2) is 8.26. The summed E-state index contributed by atoms with van der Waals surface area (Å²) in [6.07, 6.45) is 1.72. The minimum absolute atomic E-state index is 0.0122. The van der Waals surface area contributed by atoms with Crippen molar-refractivity contribution in [2.75, 3.05) is 19.1 Å². The Morgan fingerprint density at radius 2 is 1.84 bits per heavy atom. The molecule has 1 heterocycles. The fourth-order valence-corrected chi connectivity index (χ4v) is 4.52. The highest BCUT2D eigenvalue weighted by atomic mass is 16.5. The minimum atomic E-state index is -0.619. The van der Waals surface area contributed by atoms with Gasteiger partial charge in [0.25, 0.3) is 5.91 Å². The molecule has 1 unspecified atom stereocenters. The Morgan fingerprint density at radius 1 is 1.06 bits per heavy atom. The van der Waals surface area contributed by atoms with Crippen LogP contribution < -0.4 is 20.1 Å². The number of hydrogen-bond donors (Lipinski definition) is 1. The minimum Gasteiger partial charge on any atom is -0.497 e. The molecule has 4 rings (SSSR count). The zero-order valence-electron chi connectivity index (χ0n) is 17.5. The second-order valence-corrected chi connectivity index (χ2v) is 7.61. The molecule has 7 nitrogen and oxygen atoms in total. The maximum absolute atomic E-state index is 13.4. The summed E-state index contributed by atoms with van der Waals surface area (Å²) >= 11 is 0. The van der Waals surface area contributed by atoms with Crippen LogP contribution in [0.3, 0.4) is 0 Å². The molecule has 2 N–H and O–H groups in total. The molecule has 0 aromatic heterocycles. The molecule has 2 aromatic carbocycles. The lowest BCUT2D eigenvalue weighted by Crippen LogP contribution is -2.41. The largest absolute Gasteiger partial charge is 0.497 e. The number of primary amides is 1. The Balaban J connectivity index is 1.90. The standard InChI is InChI=1S/C24H24N2O5/c1-30-14-10-11-15(21(12-14)31-2)17-13-22(28)26(19-8-5-9-20(27)23(17)19)18-7-4-3-6-16(18)24(25)29/h3-4,6-7,10-12,17H,5,8-9,13H2,1-2H3,(H2,25,29). The highest BCUT2D eigenvalue weighted by molar-refractivity contribution is 6.10. The molecule has 1 aliphatic heterocycles. The average molecular weight is 420 g/mol. The molecule has 160 valence electrons. The zero-order chi connectivity index (χ0) is 22.1. The fraction of sp³-hybridized carbons (Fsp3) is 0.292. The van der Waals surface area contributed by atoms with Gasteiger partial charge >= 0.3 is 0 Å². The van der Waals surface area contributed by atoms with E-state index < -0.39 is 11.8 Å². The van der Waals surface area contributed by atoms with Gasteiger partial charge in [0.1, 0.15) is 11.5 Å². The third-order valence-corrected chi connectivity index (χ3v) is 5.90. The van der Waals surface area contributed by atoms with Crippen LogP contribution in [0.25, 0.3) is 0 Å². The Hall–Kier alpha value is -3.61. The van der Waals surface area contributed by atoms with E-state index in [1.54, 1.807) is 50.6 Å². The van der Waals surface area contributed by atoms with E-state index in [1.807, 2.05) is 6.07 Å². The van der Waals surface area contributed by atoms with E-state index >= 15 is 0 Å². The molecule has 0 bridgehead atoms. The molecular weight excluding hydrogens is 396 g/mol. The molecule has 1 aliphatic carbocycles. The molecule has 1 atom stereocenters.